The zero-order valence-electron chi connectivity index (χ0n) is 14.9. The van der Waals surface area contributed by atoms with E-state index in [1.54, 1.807) is 0 Å². The lowest BCUT2D eigenvalue weighted by molar-refractivity contribution is -0.121. The summed E-state index contributed by atoms with van der Waals surface area (Å²) < 4.78 is 0. The number of likely N-dealkylation sites (tertiary alicyclic amines) is 1. The number of carbonyl (C=O) groups is 1. The van der Waals surface area contributed by atoms with Crippen molar-refractivity contribution in [1.82, 2.24) is 10.2 Å². The number of carbonyl (C=O) groups excluding carboxylic acids is 1. The molecular formula is C20H33N3O. The van der Waals surface area contributed by atoms with E-state index in [4.69, 9.17) is 5.73 Å². The summed E-state index contributed by atoms with van der Waals surface area (Å²) in [5.74, 6) is 0.153. The maximum atomic E-state index is 11.8. The van der Waals surface area contributed by atoms with E-state index >= 15 is 0 Å². The van der Waals surface area contributed by atoms with Crippen LogP contribution in [0.2, 0.25) is 0 Å². The minimum atomic E-state index is 0.153. The van der Waals surface area contributed by atoms with Crippen LogP contribution in [0.15, 0.2) is 24.3 Å². The second kappa shape index (κ2) is 11.2. The van der Waals surface area contributed by atoms with Gasteiger partial charge < -0.3 is 11.1 Å². The third-order valence-electron chi connectivity index (χ3n) is 4.73. The first kappa shape index (κ1) is 18.9. The fourth-order valence-corrected chi connectivity index (χ4v) is 3.21. The minimum Gasteiger partial charge on any atom is -0.352 e. The molecular weight excluding hydrogens is 298 g/mol. The van der Waals surface area contributed by atoms with Crippen molar-refractivity contribution >= 4 is 5.91 Å². The number of rotatable bonds is 10. The van der Waals surface area contributed by atoms with E-state index in [9.17, 15) is 4.79 Å². The molecule has 1 heterocycles. The summed E-state index contributed by atoms with van der Waals surface area (Å²) in [7, 11) is 0. The quantitative estimate of drug-likeness (QED) is 0.647. The largest absolute Gasteiger partial charge is 0.352 e. The summed E-state index contributed by atoms with van der Waals surface area (Å²) in [5, 5.41) is 3.02. The lowest BCUT2D eigenvalue weighted by atomic mass is 10.1. The van der Waals surface area contributed by atoms with Crippen molar-refractivity contribution in [2.45, 2.75) is 64.5 Å². The lowest BCUT2D eigenvalue weighted by Gasteiger charge is -2.26. The van der Waals surface area contributed by atoms with Crippen LogP contribution >= 0.6 is 0 Å². The van der Waals surface area contributed by atoms with Crippen molar-refractivity contribution in [3.05, 3.63) is 35.4 Å². The maximum absolute atomic E-state index is 11.8. The Hall–Kier alpha value is -1.39. The molecule has 0 unspecified atom stereocenters. The highest BCUT2D eigenvalue weighted by molar-refractivity contribution is 5.75. The van der Waals surface area contributed by atoms with Crippen LogP contribution in [0.4, 0.5) is 0 Å². The van der Waals surface area contributed by atoms with Crippen molar-refractivity contribution in [2.75, 3.05) is 19.6 Å². The highest BCUT2D eigenvalue weighted by Gasteiger charge is 2.10. The molecule has 1 aliphatic rings. The fraction of sp³-hybridized carbons (Fsp3) is 0.650. The third-order valence-corrected chi connectivity index (χ3v) is 4.73. The number of hydrogen-bond donors (Lipinski definition) is 2. The normalized spacial score (nSPS) is 15.4. The predicted octanol–water partition coefficient (Wildman–Crippen LogP) is 3.20. The van der Waals surface area contributed by atoms with Gasteiger partial charge in [0, 0.05) is 19.5 Å². The number of benzene rings is 1. The average molecular weight is 332 g/mol. The highest BCUT2D eigenvalue weighted by Crippen LogP contribution is 2.13. The highest BCUT2D eigenvalue weighted by atomic mass is 16.1. The van der Waals surface area contributed by atoms with Crippen LogP contribution in [-0.2, 0) is 17.9 Å². The number of piperidine rings is 1. The Labute approximate surface area is 146 Å². The summed E-state index contributed by atoms with van der Waals surface area (Å²) in [6.45, 7) is 4.88. The van der Waals surface area contributed by atoms with Crippen LogP contribution in [0, 0.1) is 0 Å². The Kier molecular flexibility index (Phi) is 8.85. The SMILES string of the molecule is NCCCCCCC(=O)NCc1ccc(CN2CCCCC2)cc1. The molecule has 1 aromatic rings. The Morgan fingerprint density at radius 3 is 2.33 bits per heavy atom. The van der Waals surface area contributed by atoms with Crippen LogP contribution in [0.25, 0.3) is 0 Å². The molecule has 134 valence electrons. The van der Waals surface area contributed by atoms with E-state index in [2.05, 4.69) is 34.5 Å². The molecule has 1 aliphatic heterocycles. The third kappa shape index (κ3) is 7.45. The van der Waals surface area contributed by atoms with E-state index in [1.165, 1.54) is 43.5 Å². The number of amides is 1. The van der Waals surface area contributed by atoms with Gasteiger partial charge in [-0.05, 0) is 56.4 Å². The molecule has 0 saturated carbocycles. The number of unbranched alkanes of at least 4 members (excludes halogenated alkanes) is 3. The molecule has 1 fully saturated rings. The Morgan fingerprint density at radius 2 is 1.62 bits per heavy atom. The van der Waals surface area contributed by atoms with E-state index in [0.29, 0.717) is 13.0 Å². The van der Waals surface area contributed by atoms with Gasteiger partial charge in [-0.15, -0.1) is 0 Å². The van der Waals surface area contributed by atoms with Crippen LogP contribution in [-0.4, -0.2) is 30.4 Å². The molecule has 0 aliphatic carbocycles. The van der Waals surface area contributed by atoms with E-state index in [-0.39, 0.29) is 5.91 Å². The Bertz CT molecular complexity index is 466. The van der Waals surface area contributed by atoms with Crippen molar-refractivity contribution in [2.24, 2.45) is 5.73 Å². The van der Waals surface area contributed by atoms with Gasteiger partial charge in [0.1, 0.15) is 0 Å². The second-order valence-electron chi connectivity index (χ2n) is 6.88. The Balaban J connectivity index is 1.63. The summed E-state index contributed by atoms with van der Waals surface area (Å²) in [6, 6.07) is 8.67. The molecule has 2 rings (SSSR count). The molecule has 0 aromatic heterocycles. The second-order valence-corrected chi connectivity index (χ2v) is 6.88. The number of nitrogens with two attached hydrogens (primary N) is 1. The summed E-state index contributed by atoms with van der Waals surface area (Å²) in [5.41, 5.74) is 8.01. The molecule has 3 N–H and O–H groups in total. The van der Waals surface area contributed by atoms with Gasteiger partial charge in [0.2, 0.25) is 5.91 Å². The first-order chi connectivity index (χ1) is 11.8. The summed E-state index contributed by atoms with van der Waals surface area (Å²) in [6.07, 6.45) is 8.90. The van der Waals surface area contributed by atoms with Gasteiger partial charge in [0.15, 0.2) is 0 Å². The van der Waals surface area contributed by atoms with Crippen molar-refractivity contribution in [3.63, 3.8) is 0 Å². The zero-order chi connectivity index (χ0) is 17.0. The Morgan fingerprint density at radius 1 is 0.958 bits per heavy atom. The average Bonchev–Trinajstić information content (AvgIpc) is 2.62. The van der Waals surface area contributed by atoms with Gasteiger partial charge in [-0.2, -0.15) is 0 Å². The predicted molar refractivity (Wildman–Crippen MR) is 99.6 cm³/mol. The van der Waals surface area contributed by atoms with Gasteiger partial charge in [-0.25, -0.2) is 0 Å². The van der Waals surface area contributed by atoms with Crippen LogP contribution < -0.4 is 11.1 Å². The van der Waals surface area contributed by atoms with Gasteiger partial charge in [-0.1, -0.05) is 43.5 Å². The molecule has 1 amide bonds. The molecule has 0 bridgehead atoms. The first-order valence-electron chi connectivity index (χ1n) is 9.55. The monoisotopic (exact) mass is 331 g/mol. The molecule has 1 aromatic carbocycles. The van der Waals surface area contributed by atoms with Crippen molar-refractivity contribution < 1.29 is 4.79 Å². The van der Waals surface area contributed by atoms with Gasteiger partial charge in [0.25, 0.3) is 0 Å². The van der Waals surface area contributed by atoms with Crippen LogP contribution in [0.5, 0.6) is 0 Å². The molecule has 0 radical (unpaired) electrons. The smallest absolute Gasteiger partial charge is 0.220 e. The molecule has 0 atom stereocenters. The topological polar surface area (TPSA) is 58.4 Å². The van der Waals surface area contributed by atoms with E-state index in [1.807, 2.05) is 0 Å². The fourth-order valence-electron chi connectivity index (χ4n) is 3.21. The molecule has 1 saturated heterocycles. The van der Waals surface area contributed by atoms with Gasteiger partial charge in [-0.3, -0.25) is 9.69 Å². The number of nitrogens with one attached hydrogen (secondary N) is 1. The minimum absolute atomic E-state index is 0.153. The van der Waals surface area contributed by atoms with Crippen LogP contribution in [0.1, 0.15) is 62.5 Å². The molecule has 24 heavy (non-hydrogen) atoms. The van der Waals surface area contributed by atoms with E-state index in [0.717, 1.165) is 38.8 Å². The molecule has 0 spiro atoms. The van der Waals surface area contributed by atoms with Crippen LogP contribution in [0.3, 0.4) is 0 Å². The number of hydrogen-bond acceptors (Lipinski definition) is 3. The van der Waals surface area contributed by atoms with E-state index < -0.39 is 0 Å². The van der Waals surface area contributed by atoms with Gasteiger partial charge in [0.05, 0.1) is 0 Å². The standard InChI is InChI=1S/C20H33N3O/c21-13-5-2-1-4-8-20(24)22-16-18-9-11-19(12-10-18)17-23-14-6-3-7-15-23/h9-12H,1-8,13-17,21H2,(H,22,24). The summed E-state index contributed by atoms with van der Waals surface area (Å²) >= 11 is 0. The maximum Gasteiger partial charge on any atom is 0.220 e. The van der Waals surface area contributed by atoms with Crippen molar-refractivity contribution in [1.29, 1.82) is 0 Å². The van der Waals surface area contributed by atoms with Crippen molar-refractivity contribution in [3.8, 4) is 0 Å². The van der Waals surface area contributed by atoms with Gasteiger partial charge >= 0.3 is 0 Å². The molecule has 4 nitrogen and oxygen atoms in total. The lowest BCUT2D eigenvalue weighted by Crippen LogP contribution is -2.29. The first-order valence-corrected chi connectivity index (χ1v) is 9.55. The summed E-state index contributed by atoms with van der Waals surface area (Å²) in [4.78, 5) is 14.4. The number of nitrogens with zero attached hydrogens (tertiary/aromatic N) is 1. The zero-order valence-corrected chi connectivity index (χ0v) is 14.9. The molecule has 4 heteroatoms.